The summed E-state index contributed by atoms with van der Waals surface area (Å²) in [5.41, 5.74) is 14.3. The lowest BCUT2D eigenvalue weighted by Crippen LogP contribution is -2.08. The number of aliphatic hydroxyl groups excluding tert-OH is 1. The Hall–Kier alpha value is -2.42. The van der Waals surface area contributed by atoms with Crippen molar-refractivity contribution in [1.29, 1.82) is 0 Å². The third-order valence-corrected chi connectivity index (χ3v) is 5.45. The van der Waals surface area contributed by atoms with Crippen molar-refractivity contribution >= 4 is 33.2 Å². The molecule has 0 aliphatic heterocycles. The minimum absolute atomic E-state index is 0.189. The van der Waals surface area contributed by atoms with Gasteiger partial charge in [0.1, 0.15) is 16.8 Å². The van der Waals surface area contributed by atoms with Crippen molar-refractivity contribution < 1.29 is 10.2 Å². The van der Waals surface area contributed by atoms with Crippen LogP contribution < -0.4 is 16.8 Å². The molecular formula is C17H19N5O2S. The van der Waals surface area contributed by atoms with E-state index in [1.165, 1.54) is 11.3 Å². The number of anilines is 2. The summed E-state index contributed by atoms with van der Waals surface area (Å²) in [5.74, 6) is 0.707. The molecule has 1 aliphatic rings. The van der Waals surface area contributed by atoms with Crippen LogP contribution in [0.3, 0.4) is 0 Å². The maximum absolute atomic E-state index is 10.1. The zero-order valence-corrected chi connectivity index (χ0v) is 14.5. The second-order valence-corrected chi connectivity index (χ2v) is 7.35. The molecule has 2 aromatic heterocycles. The van der Waals surface area contributed by atoms with Crippen molar-refractivity contribution in [3.05, 3.63) is 28.6 Å². The summed E-state index contributed by atoms with van der Waals surface area (Å²) in [6, 6.07) is 5.77. The van der Waals surface area contributed by atoms with E-state index in [9.17, 15) is 10.2 Å². The van der Waals surface area contributed by atoms with Crippen LogP contribution in [0.1, 0.15) is 29.5 Å². The first-order valence-corrected chi connectivity index (χ1v) is 8.85. The number of fused-ring (bicyclic) bond motifs is 1. The van der Waals surface area contributed by atoms with Crippen molar-refractivity contribution in [3.63, 3.8) is 0 Å². The van der Waals surface area contributed by atoms with Gasteiger partial charge >= 0.3 is 0 Å². The number of nitrogens with one attached hydrogen (secondary N) is 1. The van der Waals surface area contributed by atoms with Crippen LogP contribution in [-0.2, 0) is 0 Å². The number of benzene rings is 1. The Balaban J connectivity index is 1.96. The summed E-state index contributed by atoms with van der Waals surface area (Å²) in [6.07, 6.45) is 1.03. The Labute approximate surface area is 148 Å². The van der Waals surface area contributed by atoms with Gasteiger partial charge in [-0.15, -0.1) is 11.3 Å². The lowest BCUT2D eigenvalue weighted by atomic mass is 10.1. The van der Waals surface area contributed by atoms with Gasteiger partial charge < -0.3 is 27.0 Å². The normalized spacial score (nSPS) is 15.5. The van der Waals surface area contributed by atoms with E-state index in [0.29, 0.717) is 38.5 Å². The van der Waals surface area contributed by atoms with Gasteiger partial charge in [0.25, 0.3) is 0 Å². The van der Waals surface area contributed by atoms with E-state index >= 15 is 0 Å². The first-order chi connectivity index (χ1) is 11.9. The van der Waals surface area contributed by atoms with Gasteiger partial charge in [0.2, 0.25) is 5.95 Å². The molecule has 7 N–H and O–H groups in total. The number of phenolic OH excluding ortho intramolecular Hbond substituents is 1. The molecule has 1 aromatic carbocycles. The lowest BCUT2D eigenvalue weighted by Gasteiger charge is -2.10. The van der Waals surface area contributed by atoms with E-state index in [2.05, 4.69) is 15.3 Å². The SMILES string of the molecule is Cc1ccc(-c2nc(NC3CC3)nc3sc(C(N)O)c(N)c23)cc1O. The number of hydrogen-bond acceptors (Lipinski definition) is 8. The van der Waals surface area contributed by atoms with Crippen LogP contribution in [-0.4, -0.2) is 26.2 Å². The number of nitrogen functional groups attached to an aromatic ring is 1. The number of aromatic hydroxyl groups is 1. The number of hydrogen-bond donors (Lipinski definition) is 5. The highest BCUT2D eigenvalue weighted by molar-refractivity contribution is 7.19. The molecule has 1 unspecified atom stereocenters. The van der Waals surface area contributed by atoms with E-state index in [4.69, 9.17) is 11.5 Å². The maximum Gasteiger partial charge on any atom is 0.224 e. The summed E-state index contributed by atoms with van der Waals surface area (Å²) in [4.78, 5) is 10.3. The van der Waals surface area contributed by atoms with Crippen LogP contribution in [0, 0.1) is 6.92 Å². The summed E-state index contributed by atoms with van der Waals surface area (Å²) in [5, 5.41) is 23.8. The van der Waals surface area contributed by atoms with Crippen molar-refractivity contribution in [2.24, 2.45) is 5.73 Å². The molecule has 1 saturated carbocycles. The van der Waals surface area contributed by atoms with E-state index in [0.717, 1.165) is 24.0 Å². The standard InChI is InChI=1S/C17H19N5O2S/c1-7-2-3-8(6-10(7)23)13-11-12(18)14(15(19)24)25-16(11)22-17(21-13)20-9-4-5-9/h2-3,6,9,15,23-24H,4-5,18-19H2,1H3,(H,20,21,22). The number of phenols is 1. The first-order valence-electron chi connectivity index (χ1n) is 8.04. The summed E-state index contributed by atoms with van der Waals surface area (Å²) >= 11 is 1.26. The molecule has 2 heterocycles. The molecule has 25 heavy (non-hydrogen) atoms. The minimum Gasteiger partial charge on any atom is -0.508 e. The van der Waals surface area contributed by atoms with Gasteiger partial charge in [-0.25, -0.2) is 9.97 Å². The van der Waals surface area contributed by atoms with Gasteiger partial charge in [-0.1, -0.05) is 12.1 Å². The highest BCUT2D eigenvalue weighted by atomic mass is 32.1. The van der Waals surface area contributed by atoms with Crippen LogP contribution in [0.5, 0.6) is 5.75 Å². The van der Waals surface area contributed by atoms with E-state index in [1.807, 2.05) is 19.1 Å². The fourth-order valence-corrected chi connectivity index (χ4v) is 3.68. The molecule has 130 valence electrons. The predicted octanol–water partition coefficient (Wildman–Crippen LogP) is 2.48. The van der Waals surface area contributed by atoms with E-state index < -0.39 is 6.23 Å². The molecule has 3 aromatic rings. The Morgan fingerprint density at radius 2 is 2.08 bits per heavy atom. The molecule has 4 rings (SSSR count). The Bertz CT molecular complexity index is 965. The third kappa shape index (κ3) is 2.88. The molecule has 1 aliphatic carbocycles. The molecule has 1 atom stereocenters. The van der Waals surface area contributed by atoms with Crippen LogP contribution in [0.15, 0.2) is 18.2 Å². The molecule has 0 spiro atoms. The summed E-state index contributed by atoms with van der Waals surface area (Å²) in [7, 11) is 0. The Morgan fingerprint density at radius 3 is 2.72 bits per heavy atom. The zero-order valence-electron chi connectivity index (χ0n) is 13.7. The average molecular weight is 357 g/mol. The number of aromatic nitrogens is 2. The van der Waals surface area contributed by atoms with Crippen LogP contribution >= 0.6 is 11.3 Å². The van der Waals surface area contributed by atoms with Crippen molar-refractivity contribution in [1.82, 2.24) is 9.97 Å². The predicted molar refractivity (Wildman–Crippen MR) is 99.5 cm³/mol. The largest absolute Gasteiger partial charge is 0.508 e. The van der Waals surface area contributed by atoms with Crippen molar-refractivity contribution in [2.45, 2.75) is 32.0 Å². The smallest absolute Gasteiger partial charge is 0.224 e. The van der Waals surface area contributed by atoms with E-state index in [1.54, 1.807) is 6.07 Å². The van der Waals surface area contributed by atoms with Crippen LogP contribution in [0.2, 0.25) is 0 Å². The van der Waals surface area contributed by atoms with Crippen LogP contribution in [0.25, 0.3) is 21.5 Å². The lowest BCUT2D eigenvalue weighted by molar-refractivity contribution is 0.191. The van der Waals surface area contributed by atoms with Gasteiger partial charge in [0.05, 0.1) is 21.6 Å². The number of nitrogens with zero attached hydrogens (tertiary/aromatic N) is 2. The second kappa shape index (κ2) is 5.83. The van der Waals surface area contributed by atoms with Gasteiger partial charge in [0.15, 0.2) is 0 Å². The van der Waals surface area contributed by atoms with Crippen molar-refractivity contribution in [2.75, 3.05) is 11.1 Å². The van der Waals surface area contributed by atoms with Gasteiger partial charge in [-0.05, 0) is 31.4 Å². The molecule has 0 radical (unpaired) electrons. The maximum atomic E-state index is 10.1. The first kappa shape index (κ1) is 16.1. The van der Waals surface area contributed by atoms with Crippen LogP contribution in [0.4, 0.5) is 11.6 Å². The fraction of sp³-hybridized carbons (Fsp3) is 0.294. The molecule has 8 heteroatoms. The zero-order chi connectivity index (χ0) is 17.7. The number of nitrogens with two attached hydrogens (primary N) is 2. The van der Waals surface area contributed by atoms with Gasteiger partial charge in [-0.3, -0.25) is 0 Å². The highest BCUT2D eigenvalue weighted by Gasteiger charge is 2.25. The Kier molecular flexibility index (Phi) is 3.75. The fourth-order valence-electron chi connectivity index (χ4n) is 2.70. The van der Waals surface area contributed by atoms with Gasteiger partial charge in [-0.2, -0.15) is 0 Å². The number of rotatable bonds is 4. The number of aliphatic hydroxyl groups is 1. The summed E-state index contributed by atoms with van der Waals surface area (Å²) in [6.45, 7) is 1.83. The second-order valence-electron chi connectivity index (χ2n) is 6.32. The van der Waals surface area contributed by atoms with Gasteiger partial charge in [0, 0.05) is 11.6 Å². The topological polar surface area (TPSA) is 130 Å². The highest BCUT2D eigenvalue weighted by Crippen LogP contribution is 2.41. The van der Waals surface area contributed by atoms with Crippen molar-refractivity contribution in [3.8, 4) is 17.0 Å². The molecule has 0 amide bonds. The number of thiophene rings is 1. The summed E-state index contributed by atoms with van der Waals surface area (Å²) < 4.78 is 0. The molecule has 7 nitrogen and oxygen atoms in total. The molecule has 0 saturated heterocycles. The average Bonchev–Trinajstić information content (AvgIpc) is 3.31. The molecular weight excluding hydrogens is 338 g/mol. The Morgan fingerprint density at radius 1 is 1.32 bits per heavy atom. The van der Waals surface area contributed by atoms with E-state index in [-0.39, 0.29) is 5.75 Å². The third-order valence-electron chi connectivity index (χ3n) is 4.28. The molecule has 1 fully saturated rings. The molecule has 0 bridgehead atoms. The number of aryl methyl sites for hydroxylation is 1. The minimum atomic E-state index is -1.17. The monoisotopic (exact) mass is 357 g/mol. The quantitative estimate of drug-likeness (QED) is 0.453.